The predicted octanol–water partition coefficient (Wildman–Crippen LogP) is 1.38. The molecular weight excluding hydrogens is 298 g/mol. The van der Waals surface area contributed by atoms with Crippen LogP contribution in [-0.4, -0.2) is 52.7 Å². The zero-order chi connectivity index (χ0) is 15.7. The van der Waals surface area contributed by atoms with Crippen molar-refractivity contribution in [2.45, 2.75) is 12.0 Å². The first-order chi connectivity index (χ1) is 11.3. The summed E-state index contributed by atoms with van der Waals surface area (Å²) in [7, 11) is 0. The number of rotatable bonds is 4. The van der Waals surface area contributed by atoms with Crippen molar-refractivity contribution in [3.8, 4) is 5.75 Å². The van der Waals surface area contributed by atoms with Crippen molar-refractivity contribution in [3.63, 3.8) is 0 Å². The highest BCUT2D eigenvalue weighted by Crippen LogP contribution is 2.40. The highest BCUT2D eigenvalue weighted by atomic mass is 16.5. The molecule has 0 aromatic carbocycles. The summed E-state index contributed by atoms with van der Waals surface area (Å²) < 4.78 is 16.6. The molecule has 2 saturated heterocycles. The molecule has 7 nitrogen and oxygen atoms in total. The third-order valence-electron chi connectivity index (χ3n) is 4.54. The average molecular weight is 315 g/mol. The Labute approximate surface area is 133 Å². The van der Waals surface area contributed by atoms with E-state index in [1.807, 2.05) is 12.1 Å². The van der Waals surface area contributed by atoms with E-state index in [2.05, 4.69) is 9.97 Å². The standard InChI is InChI=1S/C16H17N3O4/c20-15(14-8-21-11-18-14)19-9-16(10-19)12(3-5-23-16)7-22-13-2-1-4-17-6-13/h1-2,4,6,8,11-12H,3,5,7,9-10H2/t12-/m1/s1. The summed E-state index contributed by atoms with van der Waals surface area (Å²) in [6.45, 7) is 2.41. The molecule has 0 saturated carbocycles. The van der Waals surface area contributed by atoms with Crippen LogP contribution in [0, 0.1) is 5.92 Å². The average Bonchev–Trinajstić information content (AvgIpc) is 3.21. The summed E-state index contributed by atoms with van der Waals surface area (Å²) >= 11 is 0. The first kappa shape index (κ1) is 14.2. The van der Waals surface area contributed by atoms with Crippen molar-refractivity contribution in [1.29, 1.82) is 0 Å². The van der Waals surface area contributed by atoms with Crippen LogP contribution >= 0.6 is 0 Å². The first-order valence-corrected chi connectivity index (χ1v) is 7.61. The molecule has 0 N–H and O–H groups in total. The second-order valence-corrected chi connectivity index (χ2v) is 5.93. The molecular formula is C16H17N3O4. The number of hydrogen-bond acceptors (Lipinski definition) is 6. The summed E-state index contributed by atoms with van der Waals surface area (Å²) in [5.41, 5.74) is 0.0442. The van der Waals surface area contributed by atoms with E-state index in [1.165, 1.54) is 12.7 Å². The zero-order valence-corrected chi connectivity index (χ0v) is 12.6. The number of oxazole rings is 1. The maximum atomic E-state index is 12.2. The van der Waals surface area contributed by atoms with Crippen molar-refractivity contribution in [1.82, 2.24) is 14.9 Å². The van der Waals surface area contributed by atoms with Crippen LogP contribution < -0.4 is 4.74 Å². The molecule has 2 aliphatic heterocycles. The number of amides is 1. The van der Waals surface area contributed by atoms with Crippen LogP contribution in [0.4, 0.5) is 0 Å². The van der Waals surface area contributed by atoms with Gasteiger partial charge in [-0.2, -0.15) is 0 Å². The number of nitrogens with zero attached hydrogens (tertiary/aromatic N) is 3. The number of carbonyl (C=O) groups excluding carboxylic acids is 1. The van der Waals surface area contributed by atoms with E-state index in [-0.39, 0.29) is 17.4 Å². The van der Waals surface area contributed by atoms with Crippen molar-refractivity contribution in [2.24, 2.45) is 5.92 Å². The minimum absolute atomic E-state index is 0.119. The Kier molecular flexibility index (Phi) is 3.49. The number of pyridine rings is 1. The van der Waals surface area contributed by atoms with Gasteiger partial charge in [-0.1, -0.05) is 0 Å². The van der Waals surface area contributed by atoms with E-state index >= 15 is 0 Å². The number of hydrogen-bond donors (Lipinski definition) is 0. The third kappa shape index (κ3) is 2.57. The maximum absolute atomic E-state index is 12.2. The SMILES string of the molecule is O=C(c1cocn1)N1CC2(C1)OCC[C@@H]2COc1cccnc1. The molecule has 23 heavy (non-hydrogen) atoms. The van der Waals surface area contributed by atoms with Gasteiger partial charge in [0.25, 0.3) is 5.91 Å². The number of aromatic nitrogens is 2. The summed E-state index contributed by atoms with van der Waals surface area (Å²) in [4.78, 5) is 21.9. The molecule has 2 aliphatic rings. The van der Waals surface area contributed by atoms with Gasteiger partial charge in [-0.15, -0.1) is 0 Å². The Morgan fingerprint density at radius 3 is 3.13 bits per heavy atom. The second-order valence-electron chi connectivity index (χ2n) is 5.93. The monoisotopic (exact) mass is 315 g/mol. The summed E-state index contributed by atoms with van der Waals surface area (Å²) in [5.74, 6) is 0.903. The van der Waals surface area contributed by atoms with Crippen LogP contribution in [0.5, 0.6) is 5.75 Å². The van der Waals surface area contributed by atoms with E-state index in [0.717, 1.165) is 12.2 Å². The number of ether oxygens (including phenoxy) is 2. The number of likely N-dealkylation sites (tertiary alicyclic amines) is 1. The van der Waals surface area contributed by atoms with Gasteiger partial charge in [0.1, 0.15) is 17.6 Å². The fourth-order valence-corrected chi connectivity index (χ4v) is 3.22. The normalized spacial score (nSPS) is 22.1. The lowest BCUT2D eigenvalue weighted by atomic mass is 9.81. The Bertz CT molecular complexity index is 668. The topological polar surface area (TPSA) is 77.7 Å². The molecule has 0 bridgehead atoms. The molecule has 2 aromatic heterocycles. The second kappa shape index (κ2) is 5.66. The van der Waals surface area contributed by atoms with Crippen molar-refractivity contribution >= 4 is 5.91 Å². The predicted molar refractivity (Wildman–Crippen MR) is 78.9 cm³/mol. The fourth-order valence-electron chi connectivity index (χ4n) is 3.22. The van der Waals surface area contributed by atoms with Gasteiger partial charge in [0.15, 0.2) is 12.1 Å². The molecule has 2 fully saturated rings. The zero-order valence-electron chi connectivity index (χ0n) is 12.6. The van der Waals surface area contributed by atoms with Gasteiger partial charge in [-0.25, -0.2) is 4.98 Å². The van der Waals surface area contributed by atoms with Crippen LogP contribution in [0.1, 0.15) is 16.9 Å². The van der Waals surface area contributed by atoms with Crippen molar-refractivity contribution in [2.75, 3.05) is 26.3 Å². The number of carbonyl (C=O) groups is 1. The van der Waals surface area contributed by atoms with E-state index in [4.69, 9.17) is 13.9 Å². The maximum Gasteiger partial charge on any atom is 0.276 e. The van der Waals surface area contributed by atoms with Crippen molar-refractivity contribution < 1.29 is 18.7 Å². The highest BCUT2D eigenvalue weighted by Gasteiger charge is 2.55. The van der Waals surface area contributed by atoms with Crippen LogP contribution in [-0.2, 0) is 4.74 Å². The quantitative estimate of drug-likeness (QED) is 0.848. The lowest BCUT2D eigenvalue weighted by molar-refractivity contribution is -0.122. The molecule has 0 radical (unpaired) electrons. The fraction of sp³-hybridized carbons (Fsp3) is 0.438. The van der Waals surface area contributed by atoms with Gasteiger partial charge in [-0.3, -0.25) is 9.78 Å². The molecule has 0 aliphatic carbocycles. The van der Waals surface area contributed by atoms with E-state index in [1.54, 1.807) is 17.3 Å². The van der Waals surface area contributed by atoms with E-state index < -0.39 is 0 Å². The van der Waals surface area contributed by atoms with Gasteiger partial charge in [0, 0.05) is 18.7 Å². The molecule has 4 heterocycles. The molecule has 1 spiro atoms. The van der Waals surface area contributed by atoms with Crippen molar-refractivity contribution in [3.05, 3.63) is 42.9 Å². The van der Waals surface area contributed by atoms with Gasteiger partial charge >= 0.3 is 0 Å². The van der Waals surface area contributed by atoms with Gasteiger partial charge in [-0.05, 0) is 18.6 Å². The Balaban J connectivity index is 1.36. The Morgan fingerprint density at radius 1 is 1.48 bits per heavy atom. The summed E-state index contributed by atoms with van der Waals surface area (Å²) in [6.07, 6.45) is 6.98. The molecule has 0 unspecified atom stereocenters. The summed E-state index contributed by atoms with van der Waals surface area (Å²) in [5, 5.41) is 0. The molecule has 2 aromatic rings. The van der Waals surface area contributed by atoms with Gasteiger partial charge in [0.2, 0.25) is 0 Å². The van der Waals surface area contributed by atoms with E-state index in [0.29, 0.717) is 32.0 Å². The largest absolute Gasteiger partial charge is 0.492 e. The molecule has 4 rings (SSSR count). The van der Waals surface area contributed by atoms with Gasteiger partial charge < -0.3 is 18.8 Å². The molecule has 120 valence electrons. The molecule has 1 amide bonds. The lowest BCUT2D eigenvalue weighted by Gasteiger charge is -2.49. The van der Waals surface area contributed by atoms with E-state index in [9.17, 15) is 4.79 Å². The third-order valence-corrected chi connectivity index (χ3v) is 4.54. The van der Waals surface area contributed by atoms with Crippen LogP contribution in [0.3, 0.4) is 0 Å². The smallest absolute Gasteiger partial charge is 0.276 e. The summed E-state index contributed by atoms with van der Waals surface area (Å²) in [6, 6.07) is 3.73. The Morgan fingerprint density at radius 2 is 2.39 bits per heavy atom. The highest BCUT2D eigenvalue weighted by molar-refractivity contribution is 5.92. The van der Waals surface area contributed by atoms with Crippen LogP contribution in [0.15, 0.2) is 41.6 Å². The minimum Gasteiger partial charge on any atom is -0.492 e. The first-order valence-electron chi connectivity index (χ1n) is 7.61. The van der Waals surface area contributed by atoms with Crippen LogP contribution in [0.25, 0.3) is 0 Å². The Hall–Kier alpha value is -2.41. The minimum atomic E-state index is -0.290. The van der Waals surface area contributed by atoms with Crippen LogP contribution in [0.2, 0.25) is 0 Å². The molecule has 7 heteroatoms. The molecule has 1 atom stereocenters. The van der Waals surface area contributed by atoms with Gasteiger partial charge in [0.05, 0.1) is 25.9 Å². The lowest BCUT2D eigenvalue weighted by Crippen LogP contribution is -2.66.